The molecule has 0 saturated heterocycles. The van der Waals surface area contributed by atoms with Crippen LogP contribution in [0.5, 0.6) is 5.75 Å². The zero-order valence-corrected chi connectivity index (χ0v) is 13.7. The van der Waals surface area contributed by atoms with Crippen LogP contribution in [0.1, 0.15) is 26.5 Å². The van der Waals surface area contributed by atoms with Crippen LogP contribution in [-0.4, -0.2) is 22.1 Å². The van der Waals surface area contributed by atoms with Crippen LogP contribution in [0.25, 0.3) is 0 Å². The molecule has 0 bridgehead atoms. The van der Waals surface area contributed by atoms with E-state index in [1.807, 2.05) is 29.1 Å². The van der Waals surface area contributed by atoms with E-state index in [4.69, 9.17) is 4.74 Å². The molecule has 20 heavy (non-hydrogen) atoms. The minimum Gasteiger partial charge on any atom is -0.497 e. The van der Waals surface area contributed by atoms with Crippen LogP contribution in [0.4, 0.5) is 5.69 Å². The predicted octanol–water partition coefficient (Wildman–Crippen LogP) is 3.42. The number of ether oxygens (including phenoxy) is 1. The minimum atomic E-state index is -0.0538. The van der Waals surface area contributed by atoms with Crippen molar-refractivity contribution in [3.63, 3.8) is 0 Å². The maximum atomic E-state index is 5.22. The third kappa shape index (κ3) is 3.50. The average molecular weight is 339 g/mol. The van der Waals surface area contributed by atoms with E-state index in [1.165, 1.54) is 0 Å². The smallest absolute Gasteiger partial charge is 0.121 e. The summed E-state index contributed by atoms with van der Waals surface area (Å²) >= 11 is 3.51. The van der Waals surface area contributed by atoms with Crippen LogP contribution >= 0.6 is 15.9 Å². The zero-order chi connectivity index (χ0) is 14.8. The number of halogens is 1. The van der Waals surface area contributed by atoms with Crippen molar-refractivity contribution in [2.24, 2.45) is 0 Å². The topological polar surface area (TPSA) is 52.0 Å². The van der Waals surface area contributed by atoms with Crippen LogP contribution in [0.15, 0.2) is 28.9 Å². The van der Waals surface area contributed by atoms with Crippen LogP contribution in [-0.2, 0) is 12.1 Å². The molecule has 0 unspecified atom stereocenters. The minimum absolute atomic E-state index is 0.0538. The van der Waals surface area contributed by atoms with E-state index >= 15 is 0 Å². The highest BCUT2D eigenvalue weighted by Crippen LogP contribution is 2.27. The van der Waals surface area contributed by atoms with E-state index in [9.17, 15) is 0 Å². The number of nitrogens with one attached hydrogen (secondary N) is 1. The zero-order valence-electron chi connectivity index (χ0n) is 12.1. The Labute approximate surface area is 127 Å². The number of nitrogens with zero attached hydrogens (tertiary/aromatic N) is 3. The maximum absolute atomic E-state index is 5.22. The number of benzene rings is 1. The van der Waals surface area contributed by atoms with Gasteiger partial charge in [0.2, 0.25) is 0 Å². The molecule has 1 heterocycles. The van der Waals surface area contributed by atoms with Crippen molar-refractivity contribution in [3.8, 4) is 5.75 Å². The molecule has 0 aliphatic rings. The third-order valence-corrected chi connectivity index (χ3v) is 3.55. The summed E-state index contributed by atoms with van der Waals surface area (Å²) in [4.78, 5) is 0. The maximum Gasteiger partial charge on any atom is 0.121 e. The van der Waals surface area contributed by atoms with Crippen LogP contribution in [0.3, 0.4) is 0 Å². The molecule has 0 aliphatic carbocycles. The molecule has 108 valence electrons. The van der Waals surface area contributed by atoms with Gasteiger partial charge in [-0.3, -0.25) is 0 Å². The lowest BCUT2D eigenvalue weighted by atomic mass is 10.1. The first-order chi connectivity index (χ1) is 9.40. The highest BCUT2D eigenvalue weighted by atomic mass is 79.9. The van der Waals surface area contributed by atoms with Gasteiger partial charge < -0.3 is 10.1 Å². The number of hydrogen-bond acceptors (Lipinski definition) is 4. The molecule has 1 aromatic carbocycles. The number of aromatic nitrogens is 3. The number of rotatable bonds is 4. The molecule has 0 aliphatic heterocycles. The highest BCUT2D eigenvalue weighted by molar-refractivity contribution is 9.10. The summed E-state index contributed by atoms with van der Waals surface area (Å²) in [6.07, 6.45) is 1.96. The van der Waals surface area contributed by atoms with E-state index in [1.54, 1.807) is 7.11 Å². The Morgan fingerprint density at radius 3 is 2.70 bits per heavy atom. The lowest BCUT2D eigenvalue weighted by Gasteiger charge is -2.17. The van der Waals surface area contributed by atoms with E-state index in [0.717, 1.165) is 21.6 Å². The first kappa shape index (κ1) is 14.8. The lowest BCUT2D eigenvalue weighted by Crippen LogP contribution is -2.22. The van der Waals surface area contributed by atoms with Gasteiger partial charge in [-0.05, 0) is 48.8 Å². The third-order valence-electron chi connectivity index (χ3n) is 2.86. The van der Waals surface area contributed by atoms with Crippen molar-refractivity contribution in [1.29, 1.82) is 0 Å². The molecule has 2 rings (SSSR count). The molecule has 0 saturated carbocycles. The van der Waals surface area contributed by atoms with Gasteiger partial charge in [-0.2, -0.15) is 0 Å². The summed E-state index contributed by atoms with van der Waals surface area (Å²) in [5, 5.41) is 11.6. The van der Waals surface area contributed by atoms with Gasteiger partial charge in [0.25, 0.3) is 0 Å². The van der Waals surface area contributed by atoms with E-state index in [0.29, 0.717) is 6.54 Å². The van der Waals surface area contributed by atoms with Gasteiger partial charge in [0.05, 0.1) is 31.1 Å². The van der Waals surface area contributed by atoms with Crippen molar-refractivity contribution in [2.75, 3.05) is 12.4 Å². The molecular weight excluding hydrogens is 320 g/mol. The van der Waals surface area contributed by atoms with Crippen molar-refractivity contribution < 1.29 is 4.74 Å². The van der Waals surface area contributed by atoms with Crippen LogP contribution in [0.2, 0.25) is 0 Å². The molecule has 0 radical (unpaired) electrons. The second-order valence-corrected chi connectivity index (χ2v) is 6.38. The SMILES string of the molecule is COc1ccc(Br)c(NCc2cn(C(C)(C)C)nn2)c1. The van der Waals surface area contributed by atoms with Crippen molar-refractivity contribution in [3.05, 3.63) is 34.6 Å². The fraction of sp³-hybridized carbons (Fsp3) is 0.429. The number of methoxy groups -OCH3 is 1. The molecule has 1 aromatic heterocycles. The first-order valence-corrected chi connectivity index (χ1v) is 7.18. The van der Waals surface area contributed by atoms with E-state index in [-0.39, 0.29) is 5.54 Å². The van der Waals surface area contributed by atoms with Gasteiger partial charge in [-0.15, -0.1) is 5.10 Å². The largest absolute Gasteiger partial charge is 0.497 e. The second kappa shape index (κ2) is 5.83. The first-order valence-electron chi connectivity index (χ1n) is 6.39. The Morgan fingerprint density at radius 2 is 2.10 bits per heavy atom. The lowest BCUT2D eigenvalue weighted by molar-refractivity contribution is 0.347. The van der Waals surface area contributed by atoms with Gasteiger partial charge in [0, 0.05) is 10.5 Å². The molecule has 0 spiro atoms. The fourth-order valence-electron chi connectivity index (χ4n) is 1.66. The van der Waals surface area contributed by atoms with Gasteiger partial charge >= 0.3 is 0 Å². The standard InChI is InChI=1S/C14H19BrN4O/c1-14(2,3)19-9-10(17-18-19)8-16-13-7-11(20-4)5-6-12(13)15/h5-7,9,16H,8H2,1-4H3. The predicted molar refractivity (Wildman–Crippen MR) is 83.0 cm³/mol. The van der Waals surface area contributed by atoms with Crippen LogP contribution in [0, 0.1) is 0 Å². The molecule has 0 atom stereocenters. The van der Waals surface area contributed by atoms with E-state index in [2.05, 4.69) is 52.3 Å². The highest BCUT2D eigenvalue weighted by Gasteiger charge is 2.15. The number of anilines is 1. The number of hydrogen-bond donors (Lipinski definition) is 1. The molecule has 1 N–H and O–H groups in total. The fourth-order valence-corrected chi connectivity index (χ4v) is 2.05. The Balaban J connectivity index is 2.07. The van der Waals surface area contributed by atoms with Gasteiger partial charge in [-0.1, -0.05) is 5.21 Å². The quantitative estimate of drug-likeness (QED) is 0.927. The Kier molecular flexibility index (Phi) is 4.32. The van der Waals surface area contributed by atoms with Gasteiger partial charge in [-0.25, -0.2) is 4.68 Å². The summed E-state index contributed by atoms with van der Waals surface area (Å²) in [5.41, 5.74) is 1.81. The van der Waals surface area contributed by atoms with Gasteiger partial charge in [0.15, 0.2) is 0 Å². The Morgan fingerprint density at radius 1 is 1.35 bits per heavy atom. The molecule has 2 aromatic rings. The molecule has 5 nitrogen and oxygen atoms in total. The van der Waals surface area contributed by atoms with Crippen molar-refractivity contribution >= 4 is 21.6 Å². The Hall–Kier alpha value is -1.56. The van der Waals surface area contributed by atoms with Crippen molar-refractivity contribution in [1.82, 2.24) is 15.0 Å². The summed E-state index contributed by atoms with van der Waals surface area (Å²) in [5.74, 6) is 0.814. The van der Waals surface area contributed by atoms with Gasteiger partial charge in [0.1, 0.15) is 11.4 Å². The summed E-state index contributed by atoms with van der Waals surface area (Å²) in [6, 6.07) is 5.80. The summed E-state index contributed by atoms with van der Waals surface area (Å²) in [7, 11) is 1.65. The normalized spacial score (nSPS) is 11.4. The molecular formula is C14H19BrN4O. The van der Waals surface area contributed by atoms with Crippen molar-refractivity contribution in [2.45, 2.75) is 32.9 Å². The molecule has 0 fully saturated rings. The average Bonchev–Trinajstić information content (AvgIpc) is 2.86. The molecule has 0 amide bonds. The van der Waals surface area contributed by atoms with E-state index < -0.39 is 0 Å². The molecule has 6 heteroatoms. The summed E-state index contributed by atoms with van der Waals surface area (Å²) < 4.78 is 8.07. The van der Waals surface area contributed by atoms with Crippen LogP contribution < -0.4 is 10.1 Å². The monoisotopic (exact) mass is 338 g/mol. The second-order valence-electron chi connectivity index (χ2n) is 5.52. The summed E-state index contributed by atoms with van der Waals surface area (Å²) in [6.45, 7) is 6.90. The Bertz CT molecular complexity index is 589.